The van der Waals surface area contributed by atoms with Crippen molar-refractivity contribution in [3.8, 4) is 5.75 Å². The lowest BCUT2D eigenvalue weighted by atomic mass is 10.2. The number of hydrogen-bond donors (Lipinski definition) is 1. The first-order valence-corrected chi connectivity index (χ1v) is 6.20. The van der Waals surface area contributed by atoms with Crippen LogP contribution in [0.2, 0.25) is 0 Å². The Morgan fingerprint density at radius 1 is 1.28 bits per heavy atom. The van der Waals surface area contributed by atoms with Crippen LogP contribution in [0.5, 0.6) is 5.75 Å². The molecule has 0 saturated carbocycles. The number of para-hydroxylation sites is 1. The monoisotopic (exact) mass is 251 g/mol. The zero-order chi connectivity index (χ0) is 13.4. The van der Waals surface area contributed by atoms with E-state index in [1.807, 2.05) is 25.1 Å². The molecule has 2 N–H and O–H groups in total. The largest absolute Gasteiger partial charge is 0.491 e. The van der Waals surface area contributed by atoms with Crippen LogP contribution in [0.1, 0.15) is 31.2 Å². The molecule has 0 unspecified atom stereocenters. The summed E-state index contributed by atoms with van der Waals surface area (Å²) in [5.41, 5.74) is 7.55. The number of unbranched alkanes of at least 4 members (excludes halogenated alkanes) is 2. The van der Waals surface area contributed by atoms with Crippen LogP contribution in [-0.2, 0) is 9.53 Å². The van der Waals surface area contributed by atoms with E-state index in [9.17, 15) is 4.79 Å². The molecule has 0 amide bonds. The van der Waals surface area contributed by atoms with E-state index in [4.69, 9.17) is 10.5 Å². The van der Waals surface area contributed by atoms with E-state index in [1.165, 1.54) is 7.11 Å². The van der Waals surface area contributed by atoms with Gasteiger partial charge in [-0.15, -0.1) is 0 Å². The molecule has 1 aromatic rings. The fourth-order valence-electron chi connectivity index (χ4n) is 1.70. The van der Waals surface area contributed by atoms with Gasteiger partial charge in [0.25, 0.3) is 0 Å². The maximum Gasteiger partial charge on any atom is 0.305 e. The molecule has 1 rings (SSSR count). The Morgan fingerprint density at radius 3 is 2.72 bits per heavy atom. The van der Waals surface area contributed by atoms with Crippen LogP contribution in [0.25, 0.3) is 0 Å². The Morgan fingerprint density at radius 2 is 2.06 bits per heavy atom. The van der Waals surface area contributed by atoms with Crippen LogP contribution in [-0.4, -0.2) is 19.7 Å². The van der Waals surface area contributed by atoms with E-state index in [2.05, 4.69) is 4.74 Å². The van der Waals surface area contributed by atoms with Gasteiger partial charge in [-0.25, -0.2) is 0 Å². The first-order valence-electron chi connectivity index (χ1n) is 6.20. The molecule has 0 spiro atoms. The van der Waals surface area contributed by atoms with Crippen molar-refractivity contribution in [1.82, 2.24) is 0 Å². The van der Waals surface area contributed by atoms with Gasteiger partial charge in [0.1, 0.15) is 5.75 Å². The zero-order valence-corrected chi connectivity index (χ0v) is 11.1. The standard InChI is InChI=1S/C14H21NO3/c1-11-7-6-8-12(15)14(11)18-10-5-3-4-9-13(16)17-2/h6-8H,3-5,9-10,15H2,1-2H3. The number of nitrogen functional groups attached to an aromatic ring is 1. The molecule has 0 radical (unpaired) electrons. The minimum absolute atomic E-state index is 0.154. The molecule has 0 aromatic heterocycles. The van der Waals surface area contributed by atoms with Gasteiger partial charge in [0.2, 0.25) is 0 Å². The second kappa shape index (κ2) is 7.58. The van der Waals surface area contributed by atoms with E-state index < -0.39 is 0 Å². The number of nitrogens with two attached hydrogens (primary N) is 1. The van der Waals surface area contributed by atoms with Crippen molar-refractivity contribution in [2.75, 3.05) is 19.5 Å². The topological polar surface area (TPSA) is 61.5 Å². The fourth-order valence-corrected chi connectivity index (χ4v) is 1.70. The second-order valence-corrected chi connectivity index (χ2v) is 4.23. The summed E-state index contributed by atoms with van der Waals surface area (Å²) in [6, 6.07) is 5.72. The van der Waals surface area contributed by atoms with Gasteiger partial charge >= 0.3 is 5.97 Å². The summed E-state index contributed by atoms with van der Waals surface area (Å²) in [7, 11) is 1.41. The minimum Gasteiger partial charge on any atom is -0.491 e. The quantitative estimate of drug-likeness (QED) is 0.460. The van der Waals surface area contributed by atoms with Gasteiger partial charge in [0, 0.05) is 6.42 Å². The Labute approximate surface area is 108 Å². The van der Waals surface area contributed by atoms with Crippen LogP contribution >= 0.6 is 0 Å². The Balaban J connectivity index is 2.20. The minimum atomic E-state index is -0.154. The Kier molecular flexibility index (Phi) is 6.05. The van der Waals surface area contributed by atoms with Gasteiger partial charge < -0.3 is 15.2 Å². The Hall–Kier alpha value is -1.71. The number of aryl methyl sites for hydroxylation is 1. The predicted octanol–water partition coefficient (Wildman–Crippen LogP) is 2.69. The molecule has 0 heterocycles. The third-order valence-electron chi connectivity index (χ3n) is 2.74. The normalized spacial score (nSPS) is 10.1. The van der Waals surface area contributed by atoms with Gasteiger partial charge in [0.05, 0.1) is 19.4 Å². The first kappa shape index (κ1) is 14.4. The van der Waals surface area contributed by atoms with E-state index in [0.717, 1.165) is 30.6 Å². The molecule has 0 aliphatic heterocycles. The number of carbonyl (C=O) groups excluding carboxylic acids is 1. The zero-order valence-electron chi connectivity index (χ0n) is 11.1. The number of methoxy groups -OCH3 is 1. The van der Waals surface area contributed by atoms with Crippen molar-refractivity contribution >= 4 is 11.7 Å². The van der Waals surface area contributed by atoms with E-state index >= 15 is 0 Å². The van der Waals surface area contributed by atoms with Crippen LogP contribution in [0.4, 0.5) is 5.69 Å². The van der Waals surface area contributed by atoms with Crippen molar-refractivity contribution in [2.45, 2.75) is 32.6 Å². The first-order chi connectivity index (χ1) is 8.65. The van der Waals surface area contributed by atoms with E-state index in [1.54, 1.807) is 0 Å². The lowest BCUT2D eigenvalue weighted by Crippen LogP contribution is -2.03. The summed E-state index contributed by atoms with van der Waals surface area (Å²) in [5.74, 6) is 0.615. The number of carbonyl (C=O) groups is 1. The second-order valence-electron chi connectivity index (χ2n) is 4.23. The van der Waals surface area contributed by atoms with Crippen LogP contribution < -0.4 is 10.5 Å². The van der Waals surface area contributed by atoms with Crippen LogP contribution in [0.15, 0.2) is 18.2 Å². The third-order valence-corrected chi connectivity index (χ3v) is 2.74. The smallest absolute Gasteiger partial charge is 0.305 e. The van der Waals surface area contributed by atoms with Gasteiger partial charge in [-0.2, -0.15) is 0 Å². The number of hydrogen-bond acceptors (Lipinski definition) is 4. The lowest BCUT2D eigenvalue weighted by molar-refractivity contribution is -0.140. The highest BCUT2D eigenvalue weighted by atomic mass is 16.5. The molecular formula is C14H21NO3. The molecular weight excluding hydrogens is 230 g/mol. The van der Waals surface area contributed by atoms with Crippen molar-refractivity contribution < 1.29 is 14.3 Å². The number of benzene rings is 1. The third kappa shape index (κ3) is 4.65. The molecule has 4 heteroatoms. The summed E-state index contributed by atoms with van der Waals surface area (Å²) >= 11 is 0. The average molecular weight is 251 g/mol. The summed E-state index contributed by atoms with van der Waals surface area (Å²) in [5, 5.41) is 0. The highest BCUT2D eigenvalue weighted by Crippen LogP contribution is 2.25. The van der Waals surface area contributed by atoms with Crippen molar-refractivity contribution in [3.05, 3.63) is 23.8 Å². The van der Waals surface area contributed by atoms with Gasteiger partial charge in [-0.3, -0.25) is 4.79 Å². The molecule has 0 aliphatic carbocycles. The molecule has 0 aliphatic rings. The number of rotatable bonds is 7. The van der Waals surface area contributed by atoms with E-state index in [-0.39, 0.29) is 5.97 Å². The Bertz CT molecular complexity index is 370. The lowest BCUT2D eigenvalue weighted by Gasteiger charge is -2.11. The van der Waals surface area contributed by atoms with Crippen LogP contribution in [0.3, 0.4) is 0 Å². The fraction of sp³-hybridized carbons (Fsp3) is 0.500. The highest BCUT2D eigenvalue weighted by molar-refractivity contribution is 5.68. The number of anilines is 1. The maximum atomic E-state index is 10.9. The summed E-state index contributed by atoms with van der Waals surface area (Å²) < 4.78 is 10.2. The molecule has 18 heavy (non-hydrogen) atoms. The number of ether oxygens (including phenoxy) is 2. The predicted molar refractivity (Wildman–Crippen MR) is 71.6 cm³/mol. The SMILES string of the molecule is COC(=O)CCCCCOc1c(C)cccc1N. The molecule has 4 nitrogen and oxygen atoms in total. The maximum absolute atomic E-state index is 10.9. The van der Waals surface area contributed by atoms with Crippen LogP contribution in [0, 0.1) is 6.92 Å². The van der Waals surface area contributed by atoms with Gasteiger partial charge in [0.15, 0.2) is 0 Å². The molecule has 0 bridgehead atoms. The molecule has 0 atom stereocenters. The molecule has 1 aromatic carbocycles. The molecule has 0 fully saturated rings. The summed E-state index contributed by atoms with van der Waals surface area (Å²) in [4.78, 5) is 10.9. The van der Waals surface area contributed by atoms with Gasteiger partial charge in [-0.1, -0.05) is 12.1 Å². The molecule has 0 saturated heterocycles. The van der Waals surface area contributed by atoms with E-state index in [0.29, 0.717) is 18.7 Å². The van der Waals surface area contributed by atoms with Crippen molar-refractivity contribution in [1.29, 1.82) is 0 Å². The number of esters is 1. The summed E-state index contributed by atoms with van der Waals surface area (Å²) in [6.07, 6.45) is 3.16. The average Bonchev–Trinajstić information content (AvgIpc) is 2.36. The molecule has 100 valence electrons. The van der Waals surface area contributed by atoms with Crippen molar-refractivity contribution in [3.63, 3.8) is 0 Å². The van der Waals surface area contributed by atoms with Gasteiger partial charge in [-0.05, 0) is 37.8 Å². The highest BCUT2D eigenvalue weighted by Gasteiger charge is 2.04. The van der Waals surface area contributed by atoms with Crippen molar-refractivity contribution in [2.24, 2.45) is 0 Å². The summed E-state index contributed by atoms with van der Waals surface area (Å²) in [6.45, 7) is 2.60.